The van der Waals surface area contributed by atoms with Gasteiger partial charge in [0.05, 0.1) is 14.7 Å². The molecule has 0 aromatic heterocycles. The summed E-state index contributed by atoms with van der Waals surface area (Å²) >= 11 is 0. The number of hydrogen-bond acceptors (Lipinski definition) is 10. The van der Waals surface area contributed by atoms with Crippen LogP contribution in [0.15, 0.2) is 99.6 Å². The zero-order valence-corrected chi connectivity index (χ0v) is 52.2. The van der Waals surface area contributed by atoms with E-state index in [1.54, 1.807) is 0 Å². The Hall–Kier alpha value is -1.79. The van der Waals surface area contributed by atoms with E-state index >= 15 is 0 Å². The van der Waals surface area contributed by atoms with Crippen molar-refractivity contribution in [3.8, 4) is 0 Å². The lowest BCUT2D eigenvalue weighted by Gasteiger charge is -2.32. The van der Waals surface area contributed by atoms with Gasteiger partial charge < -0.3 is 20.9 Å². The fourth-order valence-electron chi connectivity index (χ4n) is 5.23. The summed E-state index contributed by atoms with van der Waals surface area (Å²) in [4.78, 5) is 8.24. The first-order valence-corrected chi connectivity index (χ1v) is 37.1. The Morgan fingerprint density at radius 1 is 0.448 bits per heavy atom. The normalized spacial score (nSPS) is 16.9. The first-order valence-electron chi connectivity index (χ1n) is 22.7. The molecule has 0 radical (unpaired) electrons. The second-order valence-corrected chi connectivity index (χ2v) is 44.8. The fraction of sp³-hybridized carbons (Fsp3) is 0.625. The number of rotatable bonds is 12. The van der Waals surface area contributed by atoms with E-state index in [-0.39, 0.29) is 21.3 Å². The van der Waals surface area contributed by atoms with Crippen molar-refractivity contribution in [3.63, 3.8) is 0 Å². The lowest BCUT2D eigenvalue weighted by atomic mass is 10.1. The van der Waals surface area contributed by atoms with Gasteiger partial charge in [-0.25, -0.2) is 22.9 Å². The van der Waals surface area contributed by atoms with Crippen molar-refractivity contribution in [1.82, 2.24) is 20.9 Å². The van der Waals surface area contributed by atoms with Gasteiger partial charge in [0.25, 0.3) is 0 Å². The van der Waals surface area contributed by atoms with Gasteiger partial charge in [-0.1, -0.05) is 98.7 Å². The maximum Gasteiger partial charge on any atom is 0.195 e. The van der Waals surface area contributed by atoms with Gasteiger partial charge in [0.1, 0.15) is 19.8 Å². The molecule has 3 aromatic carbocycles. The molecular weight excluding hydrogens is 966 g/mol. The van der Waals surface area contributed by atoms with Crippen LogP contribution in [0.3, 0.4) is 0 Å². The molecule has 67 heavy (non-hydrogen) atoms. The Bertz CT molecular complexity index is 2150. The van der Waals surface area contributed by atoms with Crippen molar-refractivity contribution >= 4 is 64.2 Å². The van der Waals surface area contributed by atoms with Crippen LogP contribution in [0.25, 0.3) is 0 Å². The lowest BCUT2D eigenvalue weighted by molar-refractivity contribution is 0.321. The van der Waals surface area contributed by atoms with Gasteiger partial charge in [0.2, 0.25) is 0 Å². The molecule has 3 aromatic rings. The molecule has 0 saturated heterocycles. The molecule has 12 nitrogen and oxygen atoms in total. The summed E-state index contributed by atoms with van der Waals surface area (Å²) in [6, 6.07) is 24.0. The molecule has 3 rings (SSSR count). The Morgan fingerprint density at radius 2 is 0.642 bits per heavy atom. The molecule has 0 aliphatic rings. The molecule has 0 fully saturated rings. The Labute approximate surface area is 419 Å². The molecule has 0 aliphatic carbocycles. The molecule has 19 heteroatoms. The molecule has 7 N–H and O–H groups in total. The summed E-state index contributed by atoms with van der Waals surface area (Å²) in [7, 11) is 3.83. The maximum absolute atomic E-state index is 12.9. The van der Waals surface area contributed by atoms with Crippen LogP contribution in [0.1, 0.15) is 118 Å². The second-order valence-electron chi connectivity index (χ2n) is 22.9. The van der Waals surface area contributed by atoms with Crippen LogP contribution in [0.5, 0.6) is 0 Å². The number of nitrogens with two attached hydrogens (primary N) is 2. The summed E-state index contributed by atoms with van der Waals surface area (Å²) in [5, 5.41) is 12.2. The first-order chi connectivity index (χ1) is 29.3. The van der Waals surface area contributed by atoms with Gasteiger partial charge in [-0.05, 0) is 171 Å². The summed E-state index contributed by atoms with van der Waals surface area (Å²) < 4.78 is 52.6. The van der Waals surface area contributed by atoms with E-state index in [1.807, 2.05) is 115 Å². The van der Waals surface area contributed by atoms with Crippen molar-refractivity contribution in [1.29, 1.82) is 0 Å². The highest BCUT2D eigenvalue weighted by Crippen LogP contribution is 2.40. The summed E-state index contributed by atoms with van der Waals surface area (Å²) in [5.74, 6) is 0. The van der Waals surface area contributed by atoms with Crippen LogP contribution >= 0.6 is 10.7 Å². The third-order valence-electron chi connectivity index (χ3n) is 14.0. The van der Waals surface area contributed by atoms with Gasteiger partial charge in [0.15, 0.2) is 33.6 Å². The SMILES string of the molecule is CC(c1ccc(S(=O)(Cl)=N[Si](C)(C)C(C)(C)C)cc1)N(C)C.CC(c1ccc(S(N)(=O)=N[Si](C)(C)C(C)(C)C)cc1)N(C)C.CC(c1ccc(S(N)(=O)=N[Si](C)(C)C(C)(C)C)cc1)N(C)C.N. The molecule has 386 valence electrons. The Kier molecular flexibility index (Phi) is 23.4. The molecule has 0 heterocycles. The van der Waals surface area contributed by atoms with Gasteiger partial charge in [-0.3, -0.25) is 12.1 Å². The smallest absolute Gasteiger partial charge is 0.195 e. The lowest BCUT2D eigenvalue weighted by Crippen LogP contribution is -2.37. The van der Waals surface area contributed by atoms with Gasteiger partial charge in [0, 0.05) is 28.8 Å². The molecule has 0 aliphatic heterocycles. The van der Waals surface area contributed by atoms with Crippen molar-refractivity contribution in [3.05, 3.63) is 89.5 Å². The number of benzene rings is 3. The molecule has 0 bridgehead atoms. The van der Waals surface area contributed by atoms with Crippen LogP contribution in [0.4, 0.5) is 0 Å². The van der Waals surface area contributed by atoms with Crippen LogP contribution in [-0.2, 0) is 28.8 Å². The number of hydrogen-bond donors (Lipinski definition) is 3. The minimum absolute atomic E-state index is 0. The quantitative estimate of drug-likeness (QED) is 0.119. The van der Waals surface area contributed by atoms with E-state index in [9.17, 15) is 12.6 Å². The van der Waals surface area contributed by atoms with Crippen LogP contribution < -0.4 is 16.4 Å². The molecule has 0 saturated carbocycles. The Morgan fingerprint density at radius 3 is 0.836 bits per heavy atom. The number of nitrogens with zero attached hydrogens (tertiary/aromatic N) is 6. The summed E-state index contributed by atoms with van der Waals surface area (Å²) in [6.45, 7) is 38.3. The van der Waals surface area contributed by atoms with E-state index in [4.69, 9.17) is 21.0 Å². The average molecular weight is 1060 g/mol. The van der Waals surface area contributed by atoms with E-state index in [0.717, 1.165) is 0 Å². The number of halogens is 1. The van der Waals surface area contributed by atoms with Crippen molar-refractivity contribution in [2.75, 3.05) is 42.3 Å². The first kappa shape index (κ1) is 65.2. The maximum atomic E-state index is 12.9. The zero-order chi connectivity index (χ0) is 52.0. The van der Waals surface area contributed by atoms with Crippen molar-refractivity contribution < 1.29 is 12.6 Å². The standard InChI is InChI=1S/C16H29ClN2OSSi.2C16H31N3OSSi.H3N/c3*1-13(19(5)6)14-9-11-15(12-10-14)21(17,20)18-22(7,8)16(2,3)4;/h9-13H,1-8H3;2*9-13H,1-8H3,(H2,17,18,20);1H3. The highest BCUT2D eigenvalue weighted by atomic mass is 35.7. The van der Waals surface area contributed by atoms with Crippen LogP contribution in [0, 0.1) is 0 Å². The zero-order valence-electron chi connectivity index (χ0n) is 46.0. The highest BCUT2D eigenvalue weighted by Gasteiger charge is 2.39. The predicted octanol–water partition coefficient (Wildman–Crippen LogP) is 13.5. The largest absolute Gasteiger partial charge is 0.344 e. The summed E-state index contributed by atoms with van der Waals surface area (Å²) in [5.41, 5.74) is 3.53. The molecule has 6 unspecified atom stereocenters. The third kappa shape index (κ3) is 18.7. The Balaban J connectivity index is 0.000000968. The highest BCUT2D eigenvalue weighted by molar-refractivity contribution is 8.16. The van der Waals surface area contributed by atoms with E-state index in [2.05, 4.69) is 149 Å². The minimum atomic E-state index is -2.87. The summed E-state index contributed by atoms with van der Waals surface area (Å²) in [6.07, 6.45) is 0. The van der Waals surface area contributed by atoms with E-state index < -0.39 is 53.5 Å². The molecule has 0 spiro atoms. The average Bonchev–Trinajstić information content (AvgIpc) is 3.15. The van der Waals surface area contributed by atoms with Gasteiger partial charge >= 0.3 is 0 Å². The van der Waals surface area contributed by atoms with Crippen LogP contribution in [-0.4, -0.2) is 94.3 Å². The molecular formula is C48H94ClN9O3S3Si3. The van der Waals surface area contributed by atoms with Crippen LogP contribution in [0.2, 0.25) is 54.4 Å². The van der Waals surface area contributed by atoms with Gasteiger partial charge in [-0.2, -0.15) is 0 Å². The predicted molar refractivity (Wildman–Crippen MR) is 303 cm³/mol. The molecule has 0 amide bonds. The molecule has 6 atom stereocenters. The van der Waals surface area contributed by atoms with Crippen molar-refractivity contribution in [2.45, 2.75) is 170 Å². The monoisotopic (exact) mass is 1060 g/mol. The van der Waals surface area contributed by atoms with Gasteiger partial charge in [-0.15, -0.1) is 0 Å². The van der Waals surface area contributed by atoms with E-state index in [1.165, 1.54) is 16.7 Å². The third-order valence-corrected chi connectivity index (χ3v) is 37.5. The second kappa shape index (κ2) is 24.1. The minimum Gasteiger partial charge on any atom is -0.344 e. The van der Waals surface area contributed by atoms with E-state index in [0.29, 0.717) is 32.8 Å². The fourth-order valence-corrected chi connectivity index (χ4v) is 20.9. The topological polar surface area (TPSA) is 185 Å². The van der Waals surface area contributed by atoms with Crippen molar-refractivity contribution in [2.24, 2.45) is 22.4 Å².